The van der Waals surface area contributed by atoms with Gasteiger partial charge in [0.1, 0.15) is 5.75 Å². The van der Waals surface area contributed by atoms with E-state index < -0.39 is 10.4 Å². The van der Waals surface area contributed by atoms with Crippen molar-refractivity contribution in [2.24, 2.45) is 5.73 Å². The average molecular weight is 277 g/mol. The highest BCUT2D eigenvalue weighted by Crippen LogP contribution is 2.26. The first-order valence-electron chi connectivity index (χ1n) is 5.16. The molecule has 1 amide bonds. The third-order valence-corrected chi connectivity index (χ3v) is 2.42. The lowest BCUT2D eigenvalue weighted by atomic mass is 10.3. The lowest BCUT2D eigenvalue weighted by Crippen LogP contribution is -2.43. The average Bonchev–Trinajstić information content (AvgIpc) is 2.30. The van der Waals surface area contributed by atoms with Gasteiger partial charge in [0, 0.05) is 6.54 Å². The smallest absolute Gasteiger partial charge is 0.338 e. The number of para-hydroxylation sites is 1. The van der Waals surface area contributed by atoms with E-state index in [2.05, 4.69) is 5.32 Å². The standard InChI is InChI=1S/C11H14Cl2N2O2/c12-11(13,10(16)15-8-4-7-14)17-9-5-2-1-3-6-9/h1-3,5-6H,4,7-8,14H2,(H,15,16). The number of hydrogen-bond acceptors (Lipinski definition) is 3. The van der Waals surface area contributed by atoms with Crippen molar-refractivity contribution in [2.75, 3.05) is 13.1 Å². The van der Waals surface area contributed by atoms with Crippen molar-refractivity contribution in [3.63, 3.8) is 0 Å². The summed E-state index contributed by atoms with van der Waals surface area (Å²) in [6.07, 6.45) is 0.654. The summed E-state index contributed by atoms with van der Waals surface area (Å²) >= 11 is 11.6. The molecule has 0 aliphatic carbocycles. The third-order valence-electron chi connectivity index (χ3n) is 1.92. The van der Waals surface area contributed by atoms with E-state index in [-0.39, 0.29) is 0 Å². The molecule has 0 bridgehead atoms. The maximum Gasteiger partial charge on any atom is 0.338 e. The van der Waals surface area contributed by atoms with Gasteiger partial charge in [0.2, 0.25) is 0 Å². The van der Waals surface area contributed by atoms with Gasteiger partial charge in [-0.2, -0.15) is 0 Å². The molecule has 6 heteroatoms. The van der Waals surface area contributed by atoms with E-state index in [0.717, 1.165) is 0 Å². The van der Waals surface area contributed by atoms with Crippen LogP contribution in [0.5, 0.6) is 5.75 Å². The zero-order valence-corrected chi connectivity index (χ0v) is 10.7. The quantitative estimate of drug-likeness (QED) is 0.614. The molecule has 0 spiro atoms. The second kappa shape index (κ2) is 6.69. The van der Waals surface area contributed by atoms with Crippen LogP contribution in [0.3, 0.4) is 0 Å². The van der Waals surface area contributed by atoms with Crippen molar-refractivity contribution in [2.45, 2.75) is 10.9 Å². The number of alkyl halides is 2. The van der Waals surface area contributed by atoms with Gasteiger partial charge in [-0.25, -0.2) is 0 Å². The Morgan fingerprint density at radius 2 is 2.00 bits per heavy atom. The van der Waals surface area contributed by atoms with Crippen LogP contribution in [-0.4, -0.2) is 23.5 Å². The van der Waals surface area contributed by atoms with Gasteiger partial charge in [0.15, 0.2) is 0 Å². The van der Waals surface area contributed by atoms with Gasteiger partial charge in [-0.1, -0.05) is 18.2 Å². The third kappa shape index (κ3) is 4.81. The molecule has 0 saturated carbocycles. The molecule has 0 unspecified atom stereocenters. The van der Waals surface area contributed by atoms with Crippen molar-refractivity contribution in [1.82, 2.24) is 5.32 Å². The number of benzene rings is 1. The zero-order valence-electron chi connectivity index (χ0n) is 9.16. The van der Waals surface area contributed by atoms with Crippen molar-refractivity contribution < 1.29 is 9.53 Å². The maximum atomic E-state index is 11.6. The van der Waals surface area contributed by atoms with E-state index in [1.54, 1.807) is 24.3 Å². The van der Waals surface area contributed by atoms with E-state index in [9.17, 15) is 4.79 Å². The van der Waals surface area contributed by atoms with Crippen molar-refractivity contribution in [3.8, 4) is 5.75 Å². The Kier molecular flexibility index (Phi) is 5.55. The first kappa shape index (κ1) is 14.1. The van der Waals surface area contributed by atoms with Crippen LogP contribution in [-0.2, 0) is 4.79 Å². The Morgan fingerprint density at radius 1 is 1.35 bits per heavy atom. The molecule has 17 heavy (non-hydrogen) atoms. The van der Waals surface area contributed by atoms with Crippen molar-refractivity contribution in [1.29, 1.82) is 0 Å². The molecule has 0 radical (unpaired) electrons. The molecule has 1 rings (SSSR count). The lowest BCUT2D eigenvalue weighted by molar-refractivity contribution is -0.126. The molecule has 0 atom stereocenters. The SMILES string of the molecule is NCCCNC(=O)C(Cl)(Cl)Oc1ccccc1. The number of carbonyl (C=O) groups excluding carboxylic acids is 1. The van der Waals surface area contributed by atoms with Gasteiger partial charge in [-0.15, -0.1) is 0 Å². The fraction of sp³-hybridized carbons (Fsp3) is 0.364. The van der Waals surface area contributed by atoms with Crippen LogP contribution in [0.4, 0.5) is 0 Å². The zero-order chi connectivity index (χ0) is 12.7. The van der Waals surface area contributed by atoms with E-state index in [1.165, 1.54) is 0 Å². The van der Waals surface area contributed by atoms with Crippen LogP contribution >= 0.6 is 23.2 Å². The molecule has 4 nitrogen and oxygen atoms in total. The predicted octanol–water partition coefficient (Wildman–Crippen LogP) is 1.66. The van der Waals surface area contributed by atoms with E-state index >= 15 is 0 Å². The largest absolute Gasteiger partial charge is 0.450 e. The summed E-state index contributed by atoms with van der Waals surface area (Å²) in [4.78, 5) is 11.6. The Bertz CT molecular complexity index is 358. The molecule has 0 aromatic heterocycles. The number of nitrogens with two attached hydrogens (primary N) is 1. The topological polar surface area (TPSA) is 64.3 Å². The molecular formula is C11H14Cl2N2O2. The number of nitrogens with one attached hydrogen (secondary N) is 1. The summed E-state index contributed by atoms with van der Waals surface area (Å²) in [6, 6.07) is 8.65. The molecule has 0 aliphatic heterocycles. The Labute approximate surface area is 110 Å². The van der Waals surface area contributed by atoms with Gasteiger partial charge in [-0.3, -0.25) is 4.79 Å². The van der Waals surface area contributed by atoms with Crippen molar-refractivity contribution >= 4 is 29.1 Å². The molecule has 1 aromatic rings. The summed E-state index contributed by atoms with van der Waals surface area (Å²) in [5.41, 5.74) is 5.30. The van der Waals surface area contributed by atoms with E-state index in [4.69, 9.17) is 33.7 Å². The summed E-state index contributed by atoms with van der Waals surface area (Å²) in [5.74, 6) is -0.176. The predicted molar refractivity (Wildman–Crippen MR) is 68.2 cm³/mol. The number of halogens is 2. The minimum absolute atomic E-state index is 0.411. The minimum Gasteiger partial charge on any atom is -0.450 e. The fourth-order valence-electron chi connectivity index (χ4n) is 1.09. The van der Waals surface area contributed by atoms with Crippen LogP contribution in [0.15, 0.2) is 30.3 Å². The monoisotopic (exact) mass is 276 g/mol. The van der Waals surface area contributed by atoms with Gasteiger partial charge in [0.05, 0.1) is 0 Å². The van der Waals surface area contributed by atoms with Gasteiger partial charge in [0.25, 0.3) is 5.91 Å². The second-order valence-corrected chi connectivity index (χ2v) is 4.59. The molecule has 0 aliphatic rings. The van der Waals surface area contributed by atoms with E-state index in [1.807, 2.05) is 6.07 Å². The Balaban J connectivity index is 2.52. The van der Waals surface area contributed by atoms with Gasteiger partial charge < -0.3 is 15.8 Å². The Hall–Kier alpha value is -0.970. The number of amides is 1. The van der Waals surface area contributed by atoms with Crippen LogP contribution in [0, 0.1) is 0 Å². The second-order valence-electron chi connectivity index (χ2n) is 3.33. The molecule has 1 aromatic carbocycles. The highest BCUT2D eigenvalue weighted by molar-refractivity contribution is 6.56. The molecule has 3 N–H and O–H groups in total. The van der Waals surface area contributed by atoms with Crippen molar-refractivity contribution in [3.05, 3.63) is 30.3 Å². The van der Waals surface area contributed by atoms with Crippen LogP contribution in [0.25, 0.3) is 0 Å². The van der Waals surface area contributed by atoms with Crippen LogP contribution < -0.4 is 15.8 Å². The number of hydrogen-bond donors (Lipinski definition) is 2. The number of ether oxygens (including phenoxy) is 1. The Morgan fingerprint density at radius 3 is 2.59 bits per heavy atom. The molecule has 0 fully saturated rings. The fourth-order valence-corrected chi connectivity index (χ4v) is 1.40. The van der Waals surface area contributed by atoms with E-state index in [0.29, 0.717) is 25.3 Å². The highest BCUT2D eigenvalue weighted by Gasteiger charge is 2.36. The normalized spacial score (nSPS) is 11.0. The summed E-state index contributed by atoms with van der Waals surface area (Å²) in [6.45, 7) is 0.895. The first-order chi connectivity index (χ1) is 8.06. The molecule has 0 heterocycles. The number of carbonyl (C=O) groups is 1. The van der Waals surface area contributed by atoms with Crippen LogP contribution in [0.2, 0.25) is 0 Å². The summed E-state index contributed by atoms with van der Waals surface area (Å²) in [7, 11) is 0. The van der Waals surface area contributed by atoms with Crippen LogP contribution in [0.1, 0.15) is 6.42 Å². The lowest BCUT2D eigenvalue weighted by Gasteiger charge is -2.20. The highest BCUT2D eigenvalue weighted by atomic mass is 35.5. The minimum atomic E-state index is -1.93. The summed E-state index contributed by atoms with van der Waals surface area (Å²) < 4.78 is 3.25. The van der Waals surface area contributed by atoms with Gasteiger partial charge in [-0.05, 0) is 48.3 Å². The molecule has 0 saturated heterocycles. The summed E-state index contributed by atoms with van der Waals surface area (Å²) in [5, 5.41) is 2.54. The maximum absolute atomic E-state index is 11.6. The first-order valence-corrected chi connectivity index (χ1v) is 5.92. The number of rotatable bonds is 6. The molecule has 94 valence electrons. The molecular weight excluding hydrogens is 263 g/mol. The van der Waals surface area contributed by atoms with Gasteiger partial charge >= 0.3 is 4.52 Å².